The number of hydrogen-bond donors (Lipinski definition) is 1. The van der Waals surface area contributed by atoms with E-state index in [0.717, 1.165) is 25.9 Å². The van der Waals surface area contributed by atoms with Gasteiger partial charge < -0.3 is 15.0 Å². The topological polar surface area (TPSA) is 41.6 Å². The van der Waals surface area contributed by atoms with E-state index in [9.17, 15) is 4.79 Å². The Hall–Kier alpha value is -0.770. The van der Waals surface area contributed by atoms with Gasteiger partial charge in [-0.05, 0) is 46.5 Å². The molecule has 0 spiro atoms. The first-order valence-corrected chi connectivity index (χ1v) is 7.19. The second-order valence-electron chi connectivity index (χ2n) is 6.51. The second kappa shape index (κ2) is 5.47. The Bertz CT molecular complexity index is 295. The average Bonchev–Trinajstić information content (AvgIpc) is 2.60. The minimum atomic E-state index is -0.397. The third-order valence-electron chi connectivity index (χ3n) is 3.75. The van der Waals surface area contributed by atoms with E-state index < -0.39 is 5.60 Å². The Morgan fingerprint density at radius 2 is 2.00 bits per heavy atom. The van der Waals surface area contributed by atoms with Gasteiger partial charge in [0.1, 0.15) is 5.60 Å². The molecule has 104 valence electrons. The molecular weight excluding hydrogens is 228 g/mol. The summed E-state index contributed by atoms with van der Waals surface area (Å²) in [5.74, 6) is 0. The van der Waals surface area contributed by atoms with Gasteiger partial charge in [-0.25, -0.2) is 4.79 Å². The summed E-state index contributed by atoms with van der Waals surface area (Å²) in [5.41, 5.74) is -0.397. The zero-order valence-electron chi connectivity index (χ0n) is 11.9. The van der Waals surface area contributed by atoms with Crippen molar-refractivity contribution in [2.45, 2.75) is 70.6 Å². The van der Waals surface area contributed by atoms with E-state index in [1.165, 1.54) is 19.3 Å². The lowest BCUT2D eigenvalue weighted by Crippen LogP contribution is -2.47. The molecule has 1 saturated carbocycles. The zero-order chi connectivity index (χ0) is 13.2. The molecule has 2 rings (SSSR count). The maximum Gasteiger partial charge on any atom is 0.410 e. The van der Waals surface area contributed by atoms with E-state index >= 15 is 0 Å². The Labute approximate surface area is 110 Å². The molecular formula is C14H26N2O2. The van der Waals surface area contributed by atoms with Crippen molar-refractivity contribution in [3.05, 3.63) is 0 Å². The summed E-state index contributed by atoms with van der Waals surface area (Å²) in [4.78, 5) is 14.0. The van der Waals surface area contributed by atoms with Crippen LogP contribution in [0.4, 0.5) is 4.79 Å². The number of ether oxygens (including phenoxy) is 1. The molecule has 1 heterocycles. The number of nitrogens with zero attached hydrogens (tertiary/aromatic N) is 1. The summed E-state index contributed by atoms with van der Waals surface area (Å²) < 4.78 is 5.46. The second-order valence-corrected chi connectivity index (χ2v) is 6.51. The van der Waals surface area contributed by atoms with Crippen molar-refractivity contribution in [3.63, 3.8) is 0 Å². The predicted octanol–water partition coefficient (Wildman–Crippen LogP) is 2.53. The highest BCUT2D eigenvalue weighted by Gasteiger charge is 2.32. The first-order chi connectivity index (χ1) is 8.46. The summed E-state index contributed by atoms with van der Waals surface area (Å²) >= 11 is 0. The number of hydrogen-bond acceptors (Lipinski definition) is 3. The van der Waals surface area contributed by atoms with E-state index in [2.05, 4.69) is 5.32 Å². The molecule has 0 aromatic rings. The fraction of sp³-hybridized carbons (Fsp3) is 0.929. The standard InChI is InChI=1S/C14H26N2O2/c1-14(2,3)18-13(17)16-9-5-8-12(16)10-15-11-6-4-7-11/h11-12,15H,4-10H2,1-3H3. The van der Waals surface area contributed by atoms with Crippen molar-refractivity contribution in [1.82, 2.24) is 10.2 Å². The van der Waals surface area contributed by atoms with Crippen LogP contribution >= 0.6 is 0 Å². The van der Waals surface area contributed by atoms with Gasteiger partial charge in [-0.2, -0.15) is 0 Å². The molecule has 1 saturated heterocycles. The summed E-state index contributed by atoms with van der Waals surface area (Å²) in [6.07, 6.45) is 5.96. The van der Waals surface area contributed by atoms with Crippen LogP contribution in [-0.4, -0.2) is 41.8 Å². The first kappa shape index (κ1) is 13.7. The summed E-state index contributed by atoms with van der Waals surface area (Å²) in [6.45, 7) is 7.52. The Kier molecular flexibility index (Phi) is 4.15. The van der Waals surface area contributed by atoms with E-state index in [-0.39, 0.29) is 6.09 Å². The number of amides is 1. The lowest BCUT2D eigenvalue weighted by atomic mass is 9.93. The zero-order valence-corrected chi connectivity index (χ0v) is 11.9. The van der Waals surface area contributed by atoms with Crippen molar-refractivity contribution in [1.29, 1.82) is 0 Å². The minimum absolute atomic E-state index is 0.152. The molecule has 1 N–H and O–H groups in total. The maximum absolute atomic E-state index is 12.1. The molecule has 18 heavy (non-hydrogen) atoms. The van der Waals surface area contributed by atoms with Crippen molar-refractivity contribution >= 4 is 6.09 Å². The molecule has 4 heteroatoms. The molecule has 0 bridgehead atoms. The molecule has 0 aromatic heterocycles. The quantitative estimate of drug-likeness (QED) is 0.841. The van der Waals surface area contributed by atoms with Crippen LogP contribution in [0, 0.1) is 0 Å². The van der Waals surface area contributed by atoms with Crippen molar-refractivity contribution in [3.8, 4) is 0 Å². The lowest BCUT2D eigenvalue weighted by Gasteiger charge is -2.32. The highest BCUT2D eigenvalue weighted by Crippen LogP contribution is 2.22. The average molecular weight is 254 g/mol. The normalized spacial score (nSPS) is 25.1. The Morgan fingerprint density at radius 3 is 2.56 bits per heavy atom. The molecule has 4 nitrogen and oxygen atoms in total. The smallest absolute Gasteiger partial charge is 0.410 e. The third kappa shape index (κ3) is 3.61. The monoisotopic (exact) mass is 254 g/mol. The predicted molar refractivity (Wildman–Crippen MR) is 71.6 cm³/mol. The molecule has 1 aliphatic carbocycles. The van der Waals surface area contributed by atoms with Crippen LogP contribution in [0.3, 0.4) is 0 Å². The molecule has 1 amide bonds. The van der Waals surface area contributed by atoms with Crippen molar-refractivity contribution in [2.75, 3.05) is 13.1 Å². The summed E-state index contributed by atoms with van der Waals surface area (Å²) in [6, 6.07) is 1.01. The molecule has 1 aliphatic heterocycles. The molecule has 1 atom stereocenters. The van der Waals surface area contributed by atoms with Gasteiger partial charge in [-0.3, -0.25) is 0 Å². The Morgan fingerprint density at radius 1 is 1.28 bits per heavy atom. The minimum Gasteiger partial charge on any atom is -0.444 e. The maximum atomic E-state index is 12.1. The van der Waals surface area contributed by atoms with Crippen molar-refractivity contribution < 1.29 is 9.53 Å². The van der Waals surface area contributed by atoms with Crippen LogP contribution in [0.25, 0.3) is 0 Å². The van der Waals surface area contributed by atoms with Crippen LogP contribution in [0.15, 0.2) is 0 Å². The highest BCUT2D eigenvalue weighted by atomic mass is 16.6. The number of carbonyl (C=O) groups is 1. The number of carbonyl (C=O) groups excluding carboxylic acids is 1. The summed E-state index contributed by atoms with van der Waals surface area (Å²) in [7, 11) is 0. The number of rotatable bonds is 3. The van der Waals surface area contributed by atoms with Gasteiger partial charge in [-0.1, -0.05) is 6.42 Å². The van der Waals surface area contributed by atoms with Gasteiger partial charge >= 0.3 is 6.09 Å². The lowest BCUT2D eigenvalue weighted by molar-refractivity contribution is 0.0223. The van der Waals surface area contributed by atoms with Crippen LogP contribution < -0.4 is 5.32 Å². The molecule has 0 radical (unpaired) electrons. The van der Waals surface area contributed by atoms with E-state index in [1.807, 2.05) is 25.7 Å². The van der Waals surface area contributed by atoms with Gasteiger partial charge in [0.2, 0.25) is 0 Å². The van der Waals surface area contributed by atoms with Crippen LogP contribution in [0.1, 0.15) is 52.9 Å². The van der Waals surface area contributed by atoms with Gasteiger partial charge in [-0.15, -0.1) is 0 Å². The number of nitrogens with one attached hydrogen (secondary N) is 1. The molecule has 1 unspecified atom stereocenters. The van der Waals surface area contributed by atoms with Gasteiger partial charge in [0.05, 0.1) is 0 Å². The van der Waals surface area contributed by atoms with Crippen LogP contribution in [0.5, 0.6) is 0 Å². The summed E-state index contributed by atoms with van der Waals surface area (Å²) in [5, 5.41) is 3.56. The highest BCUT2D eigenvalue weighted by molar-refractivity contribution is 5.69. The van der Waals surface area contributed by atoms with E-state index in [0.29, 0.717) is 12.1 Å². The van der Waals surface area contributed by atoms with Crippen LogP contribution in [0.2, 0.25) is 0 Å². The first-order valence-electron chi connectivity index (χ1n) is 7.19. The molecule has 0 aromatic carbocycles. The van der Waals surface area contributed by atoms with Gasteiger partial charge in [0, 0.05) is 25.2 Å². The fourth-order valence-corrected chi connectivity index (χ4v) is 2.52. The van der Waals surface area contributed by atoms with Crippen molar-refractivity contribution in [2.24, 2.45) is 0 Å². The Balaban J connectivity index is 1.80. The number of likely N-dealkylation sites (tertiary alicyclic amines) is 1. The van der Waals surface area contributed by atoms with Gasteiger partial charge in [0.15, 0.2) is 0 Å². The van der Waals surface area contributed by atoms with E-state index in [4.69, 9.17) is 4.74 Å². The van der Waals surface area contributed by atoms with Crippen LogP contribution in [-0.2, 0) is 4.74 Å². The van der Waals surface area contributed by atoms with Gasteiger partial charge in [0.25, 0.3) is 0 Å². The largest absolute Gasteiger partial charge is 0.444 e. The SMILES string of the molecule is CC(C)(C)OC(=O)N1CCCC1CNC1CCC1. The molecule has 2 fully saturated rings. The third-order valence-corrected chi connectivity index (χ3v) is 3.75. The molecule has 2 aliphatic rings. The fourth-order valence-electron chi connectivity index (χ4n) is 2.52. The van der Waals surface area contributed by atoms with E-state index in [1.54, 1.807) is 0 Å².